The maximum Gasteiger partial charge on any atom is 0.243 e. The number of morpholine rings is 1. The summed E-state index contributed by atoms with van der Waals surface area (Å²) in [5.41, 5.74) is 1.01. The Morgan fingerprint density at radius 1 is 1.08 bits per heavy atom. The Kier molecular flexibility index (Phi) is 5.69. The highest BCUT2D eigenvalue weighted by Crippen LogP contribution is 2.27. The number of rotatable bonds is 3. The summed E-state index contributed by atoms with van der Waals surface area (Å²) in [4.78, 5) is 15.2. The number of ether oxygens (including phenoxy) is 1. The summed E-state index contributed by atoms with van der Waals surface area (Å²) >= 11 is 0. The predicted octanol–water partition coefficient (Wildman–Crippen LogP) is 2.17. The van der Waals surface area contributed by atoms with Crippen LogP contribution in [0.15, 0.2) is 29.2 Å². The molecular formula is C19H28N2O4S. The molecule has 2 aliphatic heterocycles. The van der Waals surface area contributed by atoms with Crippen molar-refractivity contribution >= 4 is 15.9 Å². The van der Waals surface area contributed by atoms with Crippen molar-refractivity contribution < 1.29 is 17.9 Å². The molecule has 2 heterocycles. The Morgan fingerprint density at radius 2 is 1.69 bits per heavy atom. The molecule has 2 saturated heterocycles. The molecule has 3 atom stereocenters. The van der Waals surface area contributed by atoms with Crippen LogP contribution in [0.1, 0.15) is 38.7 Å². The lowest BCUT2D eigenvalue weighted by molar-refractivity contribution is -0.148. The van der Waals surface area contributed by atoms with Gasteiger partial charge in [-0.1, -0.05) is 24.1 Å². The number of amides is 1. The van der Waals surface area contributed by atoms with Crippen molar-refractivity contribution in [3.63, 3.8) is 0 Å². The predicted molar refractivity (Wildman–Crippen MR) is 99.3 cm³/mol. The second kappa shape index (κ2) is 7.66. The number of aryl methyl sites for hydroxylation is 1. The van der Waals surface area contributed by atoms with Crippen LogP contribution >= 0.6 is 0 Å². The number of hydrogen-bond acceptors (Lipinski definition) is 4. The van der Waals surface area contributed by atoms with E-state index in [-0.39, 0.29) is 23.0 Å². The molecule has 0 spiro atoms. The van der Waals surface area contributed by atoms with Crippen molar-refractivity contribution in [1.29, 1.82) is 0 Å². The third-order valence-corrected chi connectivity index (χ3v) is 7.02. The average Bonchev–Trinajstić information content (AvgIpc) is 2.60. The summed E-state index contributed by atoms with van der Waals surface area (Å²) in [5.74, 6) is -0.0950. The maximum absolute atomic E-state index is 13.2. The van der Waals surface area contributed by atoms with E-state index >= 15 is 0 Å². The van der Waals surface area contributed by atoms with Crippen molar-refractivity contribution in [2.24, 2.45) is 0 Å². The van der Waals surface area contributed by atoms with E-state index in [2.05, 4.69) is 0 Å². The number of benzene rings is 1. The van der Waals surface area contributed by atoms with Gasteiger partial charge in [0, 0.05) is 19.6 Å². The van der Waals surface area contributed by atoms with Gasteiger partial charge in [-0.25, -0.2) is 8.42 Å². The molecule has 0 bridgehead atoms. The summed E-state index contributed by atoms with van der Waals surface area (Å²) in [6.07, 6.45) is 2.16. The lowest BCUT2D eigenvalue weighted by Gasteiger charge is -2.40. The molecule has 1 aromatic carbocycles. The number of sulfonamides is 1. The third kappa shape index (κ3) is 3.94. The Balaban J connectivity index is 1.85. The van der Waals surface area contributed by atoms with E-state index in [1.54, 1.807) is 29.2 Å². The first-order valence-corrected chi connectivity index (χ1v) is 10.8. The van der Waals surface area contributed by atoms with Gasteiger partial charge in [-0.2, -0.15) is 4.31 Å². The van der Waals surface area contributed by atoms with Crippen LogP contribution in [0.25, 0.3) is 0 Å². The van der Waals surface area contributed by atoms with Crippen LogP contribution in [0.5, 0.6) is 0 Å². The molecule has 144 valence electrons. The van der Waals surface area contributed by atoms with Gasteiger partial charge in [0.05, 0.1) is 17.1 Å². The number of carbonyl (C=O) groups is 1. The Morgan fingerprint density at radius 3 is 2.31 bits per heavy atom. The van der Waals surface area contributed by atoms with Crippen LogP contribution in [0.2, 0.25) is 0 Å². The van der Waals surface area contributed by atoms with Gasteiger partial charge < -0.3 is 9.64 Å². The molecule has 26 heavy (non-hydrogen) atoms. The van der Waals surface area contributed by atoms with E-state index in [1.807, 2.05) is 20.8 Å². The standard InChI is InChI=1S/C19H28N2O4S/c1-14-7-9-17(10-8-14)26(23,24)21-11-5-4-6-18(21)19(22)20-12-15(2)25-16(3)13-20/h7-10,15-16,18H,4-6,11-13H2,1-3H3. The zero-order valence-electron chi connectivity index (χ0n) is 15.7. The van der Waals surface area contributed by atoms with E-state index in [0.717, 1.165) is 18.4 Å². The molecule has 2 fully saturated rings. The van der Waals surface area contributed by atoms with Gasteiger partial charge in [-0.3, -0.25) is 4.79 Å². The summed E-state index contributed by atoms with van der Waals surface area (Å²) in [6, 6.07) is 6.21. The van der Waals surface area contributed by atoms with Crippen LogP contribution in [0.3, 0.4) is 0 Å². The minimum Gasteiger partial charge on any atom is -0.372 e. The number of hydrogen-bond donors (Lipinski definition) is 0. The van der Waals surface area contributed by atoms with E-state index in [4.69, 9.17) is 4.74 Å². The molecule has 0 saturated carbocycles. The topological polar surface area (TPSA) is 66.9 Å². The average molecular weight is 381 g/mol. The van der Waals surface area contributed by atoms with Gasteiger partial charge in [-0.15, -0.1) is 0 Å². The fraction of sp³-hybridized carbons (Fsp3) is 0.632. The third-order valence-electron chi connectivity index (χ3n) is 5.10. The zero-order chi connectivity index (χ0) is 18.9. The first kappa shape index (κ1) is 19.3. The van der Waals surface area contributed by atoms with E-state index in [1.165, 1.54) is 4.31 Å². The Bertz CT molecular complexity index is 737. The molecule has 1 aromatic rings. The van der Waals surface area contributed by atoms with Crippen LogP contribution in [-0.2, 0) is 19.6 Å². The smallest absolute Gasteiger partial charge is 0.243 e. The number of piperidine rings is 1. The van der Waals surface area contributed by atoms with Crippen molar-refractivity contribution in [3.05, 3.63) is 29.8 Å². The second-order valence-corrected chi connectivity index (χ2v) is 9.33. The molecule has 0 aromatic heterocycles. The lowest BCUT2D eigenvalue weighted by atomic mass is 10.0. The molecule has 1 amide bonds. The Hall–Kier alpha value is -1.44. The van der Waals surface area contributed by atoms with E-state index in [0.29, 0.717) is 26.1 Å². The van der Waals surface area contributed by atoms with Crippen molar-refractivity contribution in [3.8, 4) is 0 Å². The molecule has 2 aliphatic rings. The summed E-state index contributed by atoms with van der Waals surface area (Å²) in [5, 5.41) is 0. The normalized spacial score (nSPS) is 28.1. The first-order valence-electron chi connectivity index (χ1n) is 9.32. The van der Waals surface area contributed by atoms with Crippen LogP contribution in [0, 0.1) is 6.92 Å². The molecule has 3 unspecified atom stereocenters. The molecule has 3 rings (SSSR count). The highest BCUT2D eigenvalue weighted by molar-refractivity contribution is 7.89. The van der Waals surface area contributed by atoms with Gasteiger partial charge in [0.2, 0.25) is 15.9 Å². The second-order valence-electron chi connectivity index (χ2n) is 7.44. The molecule has 0 aliphatic carbocycles. The van der Waals surface area contributed by atoms with Gasteiger partial charge in [-0.05, 0) is 45.7 Å². The SMILES string of the molecule is Cc1ccc(S(=O)(=O)N2CCCCC2C(=O)N2CC(C)OC(C)C2)cc1. The Labute approximate surface area is 156 Å². The van der Waals surface area contributed by atoms with Crippen LogP contribution in [0.4, 0.5) is 0 Å². The van der Waals surface area contributed by atoms with E-state index in [9.17, 15) is 13.2 Å². The highest BCUT2D eigenvalue weighted by Gasteiger charge is 2.40. The number of carbonyl (C=O) groups excluding carboxylic acids is 1. The molecular weight excluding hydrogens is 352 g/mol. The molecule has 7 heteroatoms. The fourth-order valence-electron chi connectivity index (χ4n) is 3.85. The first-order chi connectivity index (χ1) is 12.3. The molecule has 6 nitrogen and oxygen atoms in total. The minimum absolute atomic E-state index is 0.0338. The van der Waals surface area contributed by atoms with E-state index < -0.39 is 16.1 Å². The molecule has 0 radical (unpaired) electrons. The minimum atomic E-state index is -3.68. The monoisotopic (exact) mass is 380 g/mol. The van der Waals surface area contributed by atoms with Gasteiger partial charge in [0.1, 0.15) is 6.04 Å². The van der Waals surface area contributed by atoms with Crippen LogP contribution < -0.4 is 0 Å². The lowest BCUT2D eigenvalue weighted by Crippen LogP contribution is -2.57. The summed E-state index contributed by atoms with van der Waals surface area (Å²) < 4.78 is 33.4. The number of nitrogens with zero attached hydrogens (tertiary/aromatic N) is 2. The maximum atomic E-state index is 13.2. The summed E-state index contributed by atoms with van der Waals surface area (Å²) in [7, 11) is -3.68. The van der Waals surface area contributed by atoms with Gasteiger partial charge >= 0.3 is 0 Å². The van der Waals surface area contributed by atoms with Gasteiger partial charge in [0.25, 0.3) is 0 Å². The molecule has 0 N–H and O–H groups in total. The fourth-order valence-corrected chi connectivity index (χ4v) is 5.50. The van der Waals surface area contributed by atoms with Crippen molar-refractivity contribution in [2.75, 3.05) is 19.6 Å². The van der Waals surface area contributed by atoms with Gasteiger partial charge in [0.15, 0.2) is 0 Å². The largest absolute Gasteiger partial charge is 0.372 e. The highest BCUT2D eigenvalue weighted by atomic mass is 32.2. The van der Waals surface area contributed by atoms with Crippen LogP contribution in [-0.4, -0.2) is 61.4 Å². The summed E-state index contributed by atoms with van der Waals surface area (Å²) in [6.45, 7) is 7.22. The zero-order valence-corrected chi connectivity index (χ0v) is 16.5. The van der Waals surface area contributed by atoms with Crippen molar-refractivity contribution in [2.45, 2.75) is 63.2 Å². The van der Waals surface area contributed by atoms with Crippen molar-refractivity contribution in [1.82, 2.24) is 9.21 Å². The quantitative estimate of drug-likeness (QED) is 0.806.